The molecule has 0 radical (unpaired) electrons. The van der Waals surface area contributed by atoms with Crippen LogP contribution in [-0.2, 0) is 32.5 Å². The molecule has 164 valence electrons. The van der Waals surface area contributed by atoms with Crippen LogP contribution in [0.3, 0.4) is 0 Å². The van der Waals surface area contributed by atoms with Gasteiger partial charge in [0, 0.05) is 32.7 Å². The Morgan fingerprint density at radius 2 is 2.00 bits per heavy atom. The summed E-state index contributed by atoms with van der Waals surface area (Å²) >= 11 is 0. The van der Waals surface area contributed by atoms with E-state index in [1.165, 1.54) is 0 Å². The van der Waals surface area contributed by atoms with E-state index in [9.17, 15) is 13.2 Å². The van der Waals surface area contributed by atoms with Gasteiger partial charge < -0.3 is 14.2 Å². The predicted molar refractivity (Wildman–Crippen MR) is 110 cm³/mol. The molecule has 0 aromatic carbocycles. The molecule has 0 spiro atoms. The van der Waals surface area contributed by atoms with Crippen LogP contribution < -0.4 is 0 Å². The van der Waals surface area contributed by atoms with Gasteiger partial charge in [0.15, 0.2) is 0 Å². The van der Waals surface area contributed by atoms with Gasteiger partial charge in [-0.25, -0.2) is 13.4 Å². The number of carbonyl (C=O) groups is 1. The van der Waals surface area contributed by atoms with E-state index >= 15 is 0 Å². The Balaban J connectivity index is 1.71. The molecule has 1 aromatic rings. The van der Waals surface area contributed by atoms with Crippen LogP contribution in [0.1, 0.15) is 45.2 Å². The summed E-state index contributed by atoms with van der Waals surface area (Å²) in [4.78, 5) is 21.3. The van der Waals surface area contributed by atoms with Gasteiger partial charge in [0.25, 0.3) is 0 Å². The highest BCUT2D eigenvalue weighted by molar-refractivity contribution is 7.91. The third kappa shape index (κ3) is 5.38. The number of carbonyl (C=O) groups excluding carboxylic acids is 1. The van der Waals surface area contributed by atoms with Crippen LogP contribution in [0.4, 0.5) is 0 Å². The number of amides is 1. The highest BCUT2D eigenvalue weighted by atomic mass is 32.2. The number of aromatic nitrogens is 2. The first-order valence-corrected chi connectivity index (χ1v) is 12.5. The zero-order valence-electron chi connectivity index (χ0n) is 17.7. The molecule has 1 aromatic heterocycles. The molecule has 0 N–H and O–H groups in total. The van der Waals surface area contributed by atoms with E-state index in [4.69, 9.17) is 4.74 Å². The van der Waals surface area contributed by atoms with Gasteiger partial charge in [-0.05, 0) is 25.8 Å². The van der Waals surface area contributed by atoms with Gasteiger partial charge in [-0.1, -0.05) is 20.3 Å². The third-order valence-electron chi connectivity index (χ3n) is 5.86. The summed E-state index contributed by atoms with van der Waals surface area (Å²) in [6.45, 7) is 9.26. The number of nitrogens with zero attached hydrogens (tertiary/aromatic N) is 4. The lowest BCUT2D eigenvalue weighted by Crippen LogP contribution is -2.48. The quantitative estimate of drug-likeness (QED) is 0.627. The van der Waals surface area contributed by atoms with Crippen LogP contribution in [0.2, 0.25) is 0 Å². The number of sulfone groups is 1. The second-order valence-corrected chi connectivity index (χ2v) is 10.1. The van der Waals surface area contributed by atoms with Crippen molar-refractivity contribution in [2.24, 2.45) is 5.92 Å². The highest BCUT2D eigenvalue weighted by Crippen LogP contribution is 2.23. The molecule has 2 aliphatic rings. The predicted octanol–water partition coefficient (Wildman–Crippen LogP) is 1.55. The summed E-state index contributed by atoms with van der Waals surface area (Å²) in [5.74, 6) is 0.287. The zero-order chi connectivity index (χ0) is 20.9. The number of piperidine rings is 1. The number of likely N-dealkylation sites (tertiary alicyclic amines) is 1. The number of hydrogen-bond donors (Lipinski definition) is 0. The molecule has 1 atom stereocenters. The van der Waals surface area contributed by atoms with Crippen LogP contribution in [0.25, 0.3) is 0 Å². The number of rotatable bonds is 8. The minimum atomic E-state index is -3.36. The van der Waals surface area contributed by atoms with Crippen LogP contribution in [-0.4, -0.2) is 78.8 Å². The fraction of sp³-hybridized carbons (Fsp3) is 0.800. The Labute approximate surface area is 174 Å². The van der Waals surface area contributed by atoms with E-state index in [1.54, 1.807) is 13.1 Å². The first-order valence-electron chi connectivity index (χ1n) is 10.8. The van der Waals surface area contributed by atoms with Crippen molar-refractivity contribution >= 4 is 15.7 Å². The fourth-order valence-corrected chi connectivity index (χ4v) is 5.14. The van der Waals surface area contributed by atoms with Gasteiger partial charge in [-0.2, -0.15) is 0 Å². The van der Waals surface area contributed by atoms with E-state index in [-0.39, 0.29) is 22.7 Å². The first-order chi connectivity index (χ1) is 14.0. The smallest absolute Gasteiger partial charge is 0.227 e. The highest BCUT2D eigenvalue weighted by Gasteiger charge is 2.31. The largest absolute Gasteiger partial charge is 0.378 e. The molecule has 2 saturated heterocycles. The molecule has 1 amide bonds. The molecular formula is C20H34N4O4S. The van der Waals surface area contributed by atoms with Crippen molar-refractivity contribution in [1.29, 1.82) is 0 Å². The van der Waals surface area contributed by atoms with E-state index in [1.807, 2.05) is 9.47 Å². The number of hydrogen-bond acceptors (Lipinski definition) is 6. The van der Waals surface area contributed by atoms with E-state index in [0.717, 1.165) is 37.9 Å². The maximum absolute atomic E-state index is 12.9. The lowest BCUT2D eigenvalue weighted by molar-refractivity contribution is -0.141. The molecular weight excluding hydrogens is 392 g/mol. The van der Waals surface area contributed by atoms with Crippen LogP contribution in [0.15, 0.2) is 11.4 Å². The molecule has 0 saturated carbocycles. The minimum Gasteiger partial charge on any atom is -0.378 e. The van der Waals surface area contributed by atoms with Crippen molar-refractivity contribution in [3.8, 4) is 0 Å². The maximum atomic E-state index is 12.9. The van der Waals surface area contributed by atoms with Crippen molar-refractivity contribution in [3.05, 3.63) is 11.9 Å². The summed E-state index contributed by atoms with van der Waals surface area (Å²) < 4.78 is 32.1. The molecule has 2 fully saturated rings. The van der Waals surface area contributed by atoms with Gasteiger partial charge in [0.2, 0.25) is 20.9 Å². The van der Waals surface area contributed by atoms with E-state index in [2.05, 4.69) is 16.8 Å². The normalized spacial score (nSPS) is 21.4. The summed E-state index contributed by atoms with van der Waals surface area (Å²) in [6.07, 6.45) is 5.49. The lowest BCUT2D eigenvalue weighted by atomic mass is 9.96. The van der Waals surface area contributed by atoms with E-state index in [0.29, 0.717) is 45.9 Å². The minimum absolute atomic E-state index is 0.00714. The zero-order valence-corrected chi connectivity index (χ0v) is 18.5. The number of ether oxygens (including phenoxy) is 1. The van der Waals surface area contributed by atoms with Crippen molar-refractivity contribution in [2.75, 3.05) is 45.1 Å². The van der Waals surface area contributed by atoms with Crippen molar-refractivity contribution in [1.82, 2.24) is 19.4 Å². The first kappa shape index (κ1) is 22.2. The number of unbranched alkanes of at least 4 members (excludes halogenated alkanes) is 1. The van der Waals surface area contributed by atoms with Crippen LogP contribution in [0, 0.1) is 5.92 Å². The van der Waals surface area contributed by atoms with Crippen LogP contribution >= 0.6 is 0 Å². The van der Waals surface area contributed by atoms with Crippen molar-refractivity contribution in [3.63, 3.8) is 0 Å². The van der Waals surface area contributed by atoms with Gasteiger partial charge in [0.05, 0.1) is 36.8 Å². The average molecular weight is 427 g/mol. The molecule has 3 rings (SSSR count). The molecule has 2 aliphatic heterocycles. The van der Waals surface area contributed by atoms with Crippen LogP contribution in [0.5, 0.6) is 0 Å². The monoisotopic (exact) mass is 426 g/mol. The van der Waals surface area contributed by atoms with Gasteiger partial charge in [-0.3, -0.25) is 9.69 Å². The Bertz CT molecular complexity index is 786. The number of morpholine rings is 1. The maximum Gasteiger partial charge on any atom is 0.227 e. The Morgan fingerprint density at radius 3 is 2.69 bits per heavy atom. The van der Waals surface area contributed by atoms with Gasteiger partial charge >= 0.3 is 0 Å². The molecule has 9 heteroatoms. The lowest BCUT2D eigenvalue weighted by Gasteiger charge is -2.36. The molecule has 8 nitrogen and oxygen atoms in total. The molecule has 0 aliphatic carbocycles. The third-order valence-corrected chi connectivity index (χ3v) is 7.50. The van der Waals surface area contributed by atoms with E-state index < -0.39 is 9.84 Å². The summed E-state index contributed by atoms with van der Waals surface area (Å²) in [5, 5.41) is 0.182. The molecule has 0 bridgehead atoms. The van der Waals surface area contributed by atoms with Crippen molar-refractivity contribution < 1.29 is 17.9 Å². The topological polar surface area (TPSA) is 84.7 Å². The van der Waals surface area contributed by atoms with Gasteiger partial charge in [-0.15, -0.1) is 0 Å². The number of imidazole rings is 1. The summed E-state index contributed by atoms with van der Waals surface area (Å²) in [5.41, 5.74) is 0.921. The average Bonchev–Trinajstić information content (AvgIpc) is 3.15. The Morgan fingerprint density at radius 1 is 1.24 bits per heavy atom. The second-order valence-electron chi connectivity index (χ2n) is 7.95. The van der Waals surface area contributed by atoms with Gasteiger partial charge in [0.1, 0.15) is 0 Å². The Kier molecular flexibility index (Phi) is 7.70. The molecule has 29 heavy (non-hydrogen) atoms. The van der Waals surface area contributed by atoms with Crippen molar-refractivity contribution in [2.45, 2.75) is 57.8 Å². The summed E-state index contributed by atoms with van der Waals surface area (Å²) in [7, 11) is -3.36. The molecule has 1 unspecified atom stereocenters. The standard InChI is InChI=1S/C20H34N4O4S/c1-3-5-9-24-18(14-21-20(24)29(26,27)4-2)16-22-8-6-7-17(15-22)19(25)23-10-12-28-13-11-23/h14,17H,3-13,15-16H2,1-2H3. The summed E-state index contributed by atoms with van der Waals surface area (Å²) in [6, 6.07) is 0. The SMILES string of the molecule is CCCCn1c(CN2CCCC(C(=O)N3CCOCC3)C2)cnc1S(=O)(=O)CC. The molecule has 3 heterocycles. The fourth-order valence-electron chi connectivity index (χ4n) is 4.12. The second kappa shape index (κ2) is 10.0. The Hall–Kier alpha value is -1.45.